The summed E-state index contributed by atoms with van der Waals surface area (Å²) in [5.41, 5.74) is 4.50. The molecule has 0 aliphatic heterocycles. The molecule has 0 spiro atoms. The van der Waals surface area contributed by atoms with Crippen molar-refractivity contribution in [3.63, 3.8) is 0 Å². The fourth-order valence-corrected chi connectivity index (χ4v) is 1.63. The first-order chi connectivity index (χ1) is 8.28. The number of hydrogen-bond donors (Lipinski definition) is 1. The van der Waals surface area contributed by atoms with Gasteiger partial charge in [-0.1, -0.05) is 41.8 Å². The van der Waals surface area contributed by atoms with Gasteiger partial charge in [0.1, 0.15) is 0 Å². The standard InChI is InChI=1S/C16H15N/c1-3-14-5-4-6-16(11-14)17-12-15-9-7-13(2)8-10-15/h1,4-11,17H,12H2,2H3. The van der Waals surface area contributed by atoms with E-state index >= 15 is 0 Å². The maximum absolute atomic E-state index is 5.36. The van der Waals surface area contributed by atoms with E-state index in [9.17, 15) is 0 Å². The van der Waals surface area contributed by atoms with Gasteiger partial charge in [0.15, 0.2) is 0 Å². The number of hydrogen-bond acceptors (Lipinski definition) is 1. The van der Waals surface area contributed by atoms with E-state index < -0.39 is 0 Å². The Kier molecular flexibility index (Phi) is 3.47. The number of benzene rings is 2. The molecule has 1 heteroatoms. The van der Waals surface area contributed by atoms with Crippen molar-refractivity contribution in [1.82, 2.24) is 0 Å². The lowest BCUT2D eigenvalue weighted by atomic mass is 10.1. The molecule has 0 saturated carbocycles. The molecule has 0 saturated heterocycles. The second-order valence-electron chi connectivity index (χ2n) is 4.06. The third kappa shape index (κ3) is 3.12. The third-order valence-electron chi connectivity index (χ3n) is 2.65. The molecule has 17 heavy (non-hydrogen) atoms. The third-order valence-corrected chi connectivity index (χ3v) is 2.65. The number of terminal acetylenes is 1. The van der Waals surface area contributed by atoms with Gasteiger partial charge in [0.2, 0.25) is 0 Å². The largest absolute Gasteiger partial charge is 0.381 e. The average molecular weight is 221 g/mol. The Bertz CT molecular complexity index is 532. The highest BCUT2D eigenvalue weighted by molar-refractivity contribution is 5.50. The molecule has 2 aromatic carbocycles. The molecule has 0 bridgehead atoms. The zero-order chi connectivity index (χ0) is 12.1. The maximum Gasteiger partial charge on any atom is 0.0400 e. The number of anilines is 1. The molecule has 0 unspecified atom stereocenters. The summed E-state index contributed by atoms with van der Waals surface area (Å²) in [5.74, 6) is 2.63. The molecule has 0 aromatic heterocycles. The minimum Gasteiger partial charge on any atom is -0.381 e. The van der Waals surface area contributed by atoms with E-state index in [-0.39, 0.29) is 0 Å². The maximum atomic E-state index is 5.36. The van der Waals surface area contributed by atoms with E-state index in [1.54, 1.807) is 0 Å². The topological polar surface area (TPSA) is 12.0 Å². The van der Waals surface area contributed by atoms with Gasteiger partial charge in [-0.05, 0) is 30.7 Å². The SMILES string of the molecule is C#Cc1cccc(NCc2ccc(C)cc2)c1. The predicted octanol–water partition coefficient (Wildman–Crippen LogP) is 3.59. The summed E-state index contributed by atoms with van der Waals surface area (Å²) in [6, 6.07) is 16.4. The van der Waals surface area contributed by atoms with Crippen LogP contribution in [0.25, 0.3) is 0 Å². The van der Waals surface area contributed by atoms with Crippen LogP contribution in [0.2, 0.25) is 0 Å². The first-order valence-electron chi connectivity index (χ1n) is 5.64. The Labute approximate surface area is 102 Å². The summed E-state index contributed by atoms with van der Waals surface area (Å²) in [7, 11) is 0. The number of rotatable bonds is 3. The zero-order valence-corrected chi connectivity index (χ0v) is 9.90. The predicted molar refractivity (Wildman–Crippen MR) is 72.9 cm³/mol. The molecular formula is C16H15N. The minimum atomic E-state index is 0.814. The monoisotopic (exact) mass is 221 g/mol. The van der Waals surface area contributed by atoms with Gasteiger partial charge in [-0.3, -0.25) is 0 Å². The highest BCUT2D eigenvalue weighted by Gasteiger charge is 1.95. The average Bonchev–Trinajstić information content (AvgIpc) is 2.38. The van der Waals surface area contributed by atoms with Crippen LogP contribution < -0.4 is 5.32 Å². The smallest absolute Gasteiger partial charge is 0.0400 e. The molecule has 84 valence electrons. The molecule has 2 aromatic rings. The van der Waals surface area contributed by atoms with Crippen LogP contribution in [0.3, 0.4) is 0 Å². The molecule has 2 rings (SSSR count). The van der Waals surface area contributed by atoms with Crippen LogP contribution in [0.1, 0.15) is 16.7 Å². The van der Waals surface area contributed by atoms with Gasteiger partial charge < -0.3 is 5.32 Å². The summed E-state index contributed by atoms with van der Waals surface area (Å²) in [6.07, 6.45) is 5.36. The zero-order valence-electron chi connectivity index (χ0n) is 9.90. The van der Waals surface area contributed by atoms with E-state index in [0.29, 0.717) is 0 Å². The quantitative estimate of drug-likeness (QED) is 0.781. The Morgan fingerprint density at radius 2 is 1.88 bits per heavy atom. The van der Waals surface area contributed by atoms with Crippen LogP contribution >= 0.6 is 0 Å². The summed E-state index contributed by atoms with van der Waals surface area (Å²) in [6.45, 7) is 2.90. The van der Waals surface area contributed by atoms with Crippen molar-refractivity contribution in [1.29, 1.82) is 0 Å². The molecule has 0 heterocycles. The first kappa shape index (κ1) is 11.3. The van der Waals surface area contributed by atoms with Gasteiger partial charge in [-0.25, -0.2) is 0 Å². The highest BCUT2D eigenvalue weighted by Crippen LogP contribution is 2.11. The Morgan fingerprint density at radius 3 is 2.59 bits per heavy atom. The Morgan fingerprint density at radius 1 is 1.12 bits per heavy atom. The van der Waals surface area contributed by atoms with Crippen LogP contribution in [-0.4, -0.2) is 0 Å². The molecule has 0 fully saturated rings. The van der Waals surface area contributed by atoms with Crippen molar-refractivity contribution in [2.45, 2.75) is 13.5 Å². The van der Waals surface area contributed by atoms with E-state index in [1.165, 1.54) is 11.1 Å². The van der Waals surface area contributed by atoms with Gasteiger partial charge in [-0.15, -0.1) is 6.42 Å². The first-order valence-corrected chi connectivity index (χ1v) is 5.64. The van der Waals surface area contributed by atoms with Gasteiger partial charge in [0.25, 0.3) is 0 Å². The van der Waals surface area contributed by atoms with Crippen molar-refractivity contribution in [2.75, 3.05) is 5.32 Å². The van der Waals surface area contributed by atoms with Crippen LogP contribution in [0.15, 0.2) is 48.5 Å². The Hall–Kier alpha value is -2.20. The summed E-state index contributed by atoms with van der Waals surface area (Å²) in [5, 5.41) is 3.36. The molecule has 0 radical (unpaired) electrons. The Balaban J connectivity index is 2.02. The van der Waals surface area contributed by atoms with E-state index in [1.807, 2.05) is 24.3 Å². The normalized spacial score (nSPS) is 9.65. The molecule has 0 amide bonds. The van der Waals surface area contributed by atoms with Crippen LogP contribution in [0.5, 0.6) is 0 Å². The highest BCUT2D eigenvalue weighted by atomic mass is 14.9. The fraction of sp³-hybridized carbons (Fsp3) is 0.125. The molecule has 1 nitrogen and oxygen atoms in total. The lowest BCUT2D eigenvalue weighted by Gasteiger charge is -2.07. The molecule has 0 atom stereocenters. The van der Waals surface area contributed by atoms with Gasteiger partial charge in [0, 0.05) is 17.8 Å². The second kappa shape index (κ2) is 5.23. The van der Waals surface area contributed by atoms with Crippen molar-refractivity contribution in [3.05, 3.63) is 65.2 Å². The van der Waals surface area contributed by atoms with E-state index in [2.05, 4.69) is 42.4 Å². The van der Waals surface area contributed by atoms with E-state index in [4.69, 9.17) is 6.42 Å². The molecular weight excluding hydrogens is 206 g/mol. The molecule has 0 aliphatic carbocycles. The molecule has 1 N–H and O–H groups in total. The van der Waals surface area contributed by atoms with Gasteiger partial charge in [0.05, 0.1) is 0 Å². The summed E-state index contributed by atoms with van der Waals surface area (Å²) in [4.78, 5) is 0. The second-order valence-corrected chi connectivity index (χ2v) is 4.06. The van der Waals surface area contributed by atoms with Crippen molar-refractivity contribution < 1.29 is 0 Å². The van der Waals surface area contributed by atoms with Crippen molar-refractivity contribution >= 4 is 5.69 Å². The van der Waals surface area contributed by atoms with E-state index in [0.717, 1.165) is 17.8 Å². The lowest BCUT2D eigenvalue weighted by Crippen LogP contribution is -1.99. The molecule has 0 aliphatic rings. The summed E-state index contributed by atoms with van der Waals surface area (Å²) >= 11 is 0. The van der Waals surface area contributed by atoms with Crippen molar-refractivity contribution in [3.8, 4) is 12.3 Å². The van der Waals surface area contributed by atoms with Crippen LogP contribution in [0, 0.1) is 19.3 Å². The summed E-state index contributed by atoms with van der Waals surface area (Å²) < 4.78 is 0. The minimum absolute atomic E-state index is 0.814. The van der Waals surface area contributed by atoms with Gasteiger partial charge in [-0.2, -0.15) is 0 Å². The van der Waals surface area contributed by atoms with Crippen molar-refractivity contribution in [2.24, 2.45) is 0 Å². The van der Waals surface area contributed by atoms with Crippen LogP contribution in [-0.2, 0) is 6.54 Å². The van der Waals surface area contributed by atoms with Gasteiger partial charge >= 0.3 is 0 Å². The number of nitrogens with one attached hydrogen (secondary N) is 1. The fourth-order valence-electron chi connectivity index (χ4n) is 1.63. The lowest BCUT2D eigenvalue weighted by molar-refractivity contribution is 1.14. The van der Waals surface area contributed by atoms with Crippen LogP contribution in [0.4, 0.5) is 5.69 Å². The number of aryl methyl sites for hydroxylation is 1.